The van der Waals surface area contributed by atoms with Crippen molar-refractivity contribution in [3.8, 4) is 0 Å². The number of benzene rings is 2. The zero-order valence-electron chi connectivity index (χ0n) is 11.1. The van der Waals surface area contributed by atoms with E-state index in [-0.39, 0.29) is 0 Å². The molecule has 0 atom stereocenters. The first-order chi connectivity index (χ1) is 9.22. The van der Waals surface area contributed by atoms with E-state index in [2.05, 4.69) is 88.6 Å². The predicted octanol–water partition coefficient (Wildman–Crippen LogP) is 5.08. The van der Waals surface area contributed by atoms with Crippen molar-refractivity contribution in [2.24, 2.45) is 0 Å². The van der Waals surface area contributed by atoms with Crippen LogP contribution >= 0.6 is 15.3 Å². The summed E-state index contributed by atoms with van der Waals surface area (Å²) < 4.78 is 0. The fourth-order valence-electron chi connectivity index (χ4n) is 2.39. The maximum Gasteiger partial charge on any atom is 0.142 e. The van der Waals surface area contributed by atoms with Crippen molar-refractivity contribution in [3.05, 3.63) is 84.4 Å². The van der Waals surface area contributed by atoms with Gasteiger partial charge < -0.3 is 0 Å². The molecule has 0 N–H and O–H groups in total. The van der Waals surface area contributed by atoms with Gasteiger partial charge in [-0.05, 0) is 29.3 Å². The summed E-state index contributed by atoms with van der Waals surface area (Å²) in [5.74, 6) is 0. The average molecular weight is 331 g/mol. The van der Waals surface area contributed by atoms with Crippen LogP contribution in [0, 0.1) is 0 Å². The molecule has 0 bridgehead atoms. The van der Waals surface area contributed by atoms with E-state index in [0.717, 1.165) is 18.1 Å². The Kier molecular flexibility index (Phi) is 5.17. The standard InChI is InChI=1S/C17H19BrSi/c1-2-13-19(18,14-16-9-5-3-6-10-16)15-17-11-7-4-8-12-17/h2-12H,1,13-15H2. The number of halogens is 1. The second-order valence-electron chi connectivity index (χ2n) is 4.97. The van der Waals surface area contributed by atoms with Crippen molar-refractivity contribution >= 4 is 22.0 Å². The van der Waals surface area contributed by atoms with Crippen molar-refractivity contribution in [1.29, 1.82) is 0 Å². The maximum atomic E-state index is 4.09. The van der Waals surface area contributed by atoms with Crippen LogP contribution in [0.4, 0.5) is 0 Å². The van der Waals surface area contributed by atoms with Gasteiger partial charge in [0, 0.05) is 0 Å². The second-order valence-corrected chi connectivity index (χ2v) is 13.4. The molecule has 2 aromatic carbocycles. The van der Waals surface area contributed by atoms with Crippen molar-refractivity contribution in [3.63, 3.8) is 0 Å². The van der Waals surface area contributed by atoms with E-state index in [1.165, 1.54) is 11.1 Å². The van der Waals surface area contributed by atoms with Gasteiger partial charge in [-0.15, -0.1) is 21.9 Å². The molecule has 2 heteroatoms. The molecule has 0 spiro atoms. The third-order valence-electron chi connectivity index (χ3n) is 3.24. The van der Waals surface area contributed by atoms with Gasteiger partial charge in [0.05, 0.1) is 0 Å². The van der Waals surface area contributed by atoms with Crippen LogP contribution < -0.4 is 0 Å². The molecule has 0 amide bonds. The normalized spacial score (nSPS) is 11.2. The molecule has 0 radical (unpaired) electrons. The zero-order valence-corrected chi connectivity index (χ0v) is 13.6. The van der Waals surface area contributed by atoms with Gasteiger partial charge in [-0.2, -0.15) is 0 Å². The van der Waals surface area contributed by atoms with E-state index >= 15 is 0 Å². The fourth-order valence-corrected chi connectivity index (χ4v) is 7.88. The largest absolute Gasteiger partial charge is 0.142 e. The Morgan fingerprint density at radius 2 is 1.26 bits per heavy atom. The van der Waals surface area contributed by atoms with Crippen LogP contribution in [0.5, 0.6) is 0 Å². The lowest BCUT2D eigenvalue weighted by Gasteiger charge is -2.24. The predicted molar refractivity (Wildman–Crippen MR) is 90.0 cm³/mol. The van der Waals surface area contributed by atoms with E-state index in [0.29, 0.717) is 0 Å². The van der Waals surface area contributed by atoms with Gasteiger partial charge in [0.2, 0.25) is 0 Å². The van der Waals surface area contributed by atoms with Crippen LogP contribution in [-0.4, -0.2) is 6.69 Å². The first-order valence-corrected chi connectivity index (χ1v) is 11.5. The van der Waals surface area contributed by atoms with Gasteiger partial charge in [-0.3, -0.25) is 0 Å². The lowest BCUT2D eigenvalue weighted by Crippen LogP contribution is -2.33. The van der Waals surface area contributed by atoms with Gasteiger partial charge in [0.15, 0.2) is 0 Å². The smallest absolute Gasteiger partial charge is 0.125 e. The van der Waals surface area contributed by atoms with Gasteiger partial charge in [0.1, 0.15) is 6.69 Å². The lowest BCUT2D eigenvalue weighted by molar-refractivity contribution is 1.23. The van der Waals surface area contributed by atoms with Crippen LogP contribution in [0.1, 0.15) is 11.1 Å². The molecule has 0 saturated carbocycles. The van der Waals surface area contributed by atoms with Crippen molar-refractivity contribution in [2.45, 2.75) is 18.1 Å². The van der Waals surface area contributed by atoms with Crippen LogP contribution in [-0.2, 0) is 12.1 Å². The Bertz CT molecular complexity index is 466. The highest BCUT2D eigenvalue weighted by Crippen LogP contribution is 2.27. The molecule has 2 rings (SSSR count). The van der Waals surface area contributed by atoms with Crippen molar-refractivity contribution in [2.75, 3.05) is 0 Å². The molecule has 98 valence electrons. The summed E-state index contributed by atoms with van der Waals surface area (Å²) in [5.41, 5.74) is 2.84. The van der Waals surface area contributed by atoms with Crippen LogP contribution in [0.15, 0.2) is 73.3 Å². The van der Waals surface area contributed by atoms with Crippen LogP contribution in [0.3, 0.4) is 0 Å². The van der Waals surface area contributed by atoms with E-state index in [1.54, 1.807) is 0 Å². The van der Waals surface area contributed by atoms with E-state index in [1.807, 2.05) is 0 Å². The monoisotopic (exact) mass is 330 g/mol. The quantitative estimate of drug-likeness (QED) is 0.393. The molecule has 0 fully saturated rings. The number of rotatable bonds is 6. The second kappa shape index (κ2) is 6.87. The Balaban J connectivity index is 2.15. The van der Waals surface area contributed by atoms with Crippen LogP contribution in [0.2, 0.25) is 6.04 Å². The van der Waals surface area contributed by atoms with Gasteiger partial charge >= 0.3 is 0 Å². The SMILES string of the molecule is C=CC[Si](Br)(Cc1ccccc1)Cc1ccccc1. The van der Waals surface area contributed by atoms with Gasteiger partial charge in [0.25, 0.3) is 0 Å². The summed E-state index contributed by atoms with van der Waals surface area (Å²) in [4.78, 5) is 0. The highest BCUT2D eigenvalue weighted by Gasteiger charge is 2.29. The first kappa shape index (κ1) is 14.3. The Morgan fingerprint density at radius 1 is 0.842 bits per heavy atom. The maximum absolute atomic E-state index is 4.09. The van der Waals surface area contributed by atoms with Crippen molar-refractivity contribution < 1.29 is 0 Å². The molecule has 19 heavy (non-hydrogen) atoms. The number of hydrogen-bond donors (Lipinski definition) is 0. The van der Waals surface area contributed by atoms with Crippen molar-refractivity contribution in [1.82, 2.24) is 0 Å². The van der Waals surface area contributed by atoms with E-state index < -0.39 is 6.69 Å². The first-order valence-electron chi connectivity index (χ1n) is 6.59. The molecule has 0 aliphatic carbocycles. The Labute approximate surface area is 124 Å². The molecule has 0 saturated heterocycles. The molecule has 0 aliphatic rings. The summed E-state index contributed by atoms with van der Waals surface area (Å²) >= 11 is 4.09. The molecule has 0 aliphatic heterocycles. The van der Waals surface area contributed by atoms with Crippen LogP contribution in [0.25, 0.3) is 0 Å². The number of hydrogen-bond acceptors (Lipinski definition) is 0. The molecular weight excluding hydrogens is 312 g/mol. The molecule has 2 aromatic rings. The highest BCUT2D eigenvalue weighted by molar-refractivity contribution is 9.26. The van der Waals surface area contributed by atoms with Gasteiger partial charge in [-0.25, -0.2) is 0 Å². The molecule has 0 aromatic heterocycles. The minimum Gasteiger partial charge on any atom is -0.125 e. The highest BCUT2D eigenvalue weighted by atomic mass is 79.9. The minimum absolute atomic E-state index is 1.09. The minimum atomic E-state index is -1.54. The zero-order chi connectivity index (χ0) is 13.6. The number of allylic oxidation sites excluding steroid dienone is 1. The lowest BCUT2D eigenvalue weighted by atomic mass is 10.2. The average Bonchev–Trinajstić information content (AvgIpc) is 2.41. The summed E-state index contributed by atoms with van der Waals surface area (Å²) in [5, 5.41) is 0. The van der Waals surface area contributed by atoms with E-state index in [4.69, 9.17) is 0 Å². The molecule has 0 heterocycles. The van der Waals surface area contributed by atoms with E-state index in [9.17, 15) is 0 Å². The molecule has 0 unspecified atom stereocenters. The Morgan fingerprint density at radius 3 is 1.63 bits per heavy atom. The third-order valence-corrected chi connectivity index (χ3v) is 9.00. The molecular formula is C17H19BrSi. The summed E-state index contributed by atoms with van der Waals surface area (Å²) in [6.07, 6.45) is 2.06. The fraction of sp³-hybridized carbons (Fsp3) is 0.176. The third kappa shape index (κ3) is 4.48. The summed E-state index contributed by atoms with van der Waals surface area (Å²) in [6.45, 7) is 2.40. The Hall–Kier alpha value is -1.12. The van der Waals surface area contributed by atoms with Gasteiger partial charge in [-0.1, -0.05) is 66.7 Å². The summed E-state index contributed by atoms with van der Waals surface area (Å²) in [7, 11) is 0. The summed E-state index contributed by atoms with van der Waals surface area (Å²) in [6, 6.07) is 24.9. The molecule has 0 nitrogen and oxygen atoms in total. The topological polar surface area (TPSA) is 0 Å².